The minimum atomic E-state index is -3.67. The normalized spacial score (nSPS) is 13.3. The molecule has 3 aromatic rings. The van der Waals surface area contributed by atoms with Gasteiger partial charge in [0, 0.05) is 43.1 Å². The number of carbonyl (C=O) groups excluding carboxylic acids is 2. The maximum atomic E-state index is 13.1. The fourth-order valence-corrected chi connectivity index (χ4v) is 5.02. The highest BCUT2D eigenvalue weighted by Crippen LogP contribution is 2.39. The first-order valence-electron chi connectivity index (χ1n) is 12.7. The molecule has 13 heteroatoms. The van der Waals surface area contributed by atoms with Crippen molar-refractivity contribution in [2.75, 3.05) is 31.5 Å². The lowest BCUT2D eigenvalue weighted by Gasteiger charge is -2.35. The van der Waals surface area contributed by atoms with Crippen LogP contribution < -0.4 is 5.32 Å². The van der Waals surface area contributed by atoms with E-state index >= 15 is 0 Å². The molecule has 0 unspecified atom stereocenters. The zero-order valence-corrected chi connectivity index (χ0v) is 24.2. The number of aryl methyl sites for hydroxylation is 2. The molecule has 1 aliphatic rings. The highest BCUT2D eigenvalue weighted by atomic mass is 32.1. The van der Waals surface area contributed by atoms with Gasteiger partial charge in [-0.25, -0.2) is 14.6 Å². The summed E-state index contributed by atoms with van der Waals surface area (Å²) < 4.78 is 34.4. The molecule has 2 aromatic heterocycles. The van der Waals surface area contributed by atoms with E-state index in [1.54, 1.807) is 21.9 Å². The molecule has 3 amide bonds. The molecule has 218 valence electrons. The number of pyridine rings is 1. The van der Waals surface area contributed by atoms with E-state index in [0.717, 1.165) is 27.4 Å². The minimum Gasteiger partial charge on any atom is -0.444 e. The number of nitrogens with zero attached hydrogens (tertiary/aromatic N) is 5. The molecule has 4 rings (SSSR count). The van der Waals surface area contributed by atoms with Crippen LogP contribution in [-0.2, 0) is 4.74 Å². The summed E-state index contributed by atoms with van der Waals surface area (Å²) in [6.07, 6.45) is -0.371. The zero-order valence-electron chi connectivity index (χ0n) is 23.4. The average Bonchev–Trinajstić information content (AvgIpc) is 3.31. The van der Waals surface area contributed by atoms with Gasteiger partial charge in [0.2, 0.25) is 0 Å². The summed E-state index contributed by atoms with van der Waals surface area (Å²) in [4.78, 5) is 38.8. The minimum absolute atomic E-state index is 0.274. The van der Waals surface area contributed by atoms with Crippen molar-refractivity contribution < 1.29 is 27.5 Å². The highest BCUT2D eigenvalue weighted by molar-refractivity contribution is 7.19. The fraction of sp³-hybridized carbons (Fsp3) is 0.393. The molecular weight excluding hydrogens is 557 g/mol. The number of halogens is 3. The van der Waals surface area contributed by atoms with Crippen molar-refractivity contribution in [3.63, 3.8) is 0 Å². The Morgan fingerprint density at radius 2 is 1.59 bits per heavy atom. The van der Waals surface area contributed by atoms with E-state index in [4.69, 9.17) is 9.72 Å². The third-order valence-corrected chi connectivity index (χ3v) is 6.69. The summed E-state index contributed by atoms with van der Waals surface area (Å²) in [7, 11) is 0. The molecule has 0 bridgehead atoms. The number of benzene rings is 1. The number of alkyl halides is 3. The van der Waals surface area contributed by atoms with E-state index in [1.165, 1.54) is 11.3 Å². The molecule has 1 aromatic carbocycles. The Labute approximate surface area is 240 Å². The summed E-state index contributed by atoms with van der Waals surface area (Å²) in [6, 6.07) is 13.1. The average molecular weight is 589 g/mol. The Bertz CT molecular complexity index is 1400. The second kappa shape index (κ2) is 13.5. The maximum absolute atomic E-state index is 13.1. The number of ether oxygens (including phenoxy) is 1. The number of thiazole rings is 1. The van der Waals surface area contributed by atoms with Crippen LogP contribution >= 0.6 is 11.3 Å². The van der Waals surface area contributed by atoms with Crippen LogP contribution in [0.4, 0.5) is 27.9 Å². The number of hydrogen-bond acceptors (Lipinski definition) is 7. The van der Waals surface area contributed by atoms with Gasteiger partial charge in [0.25, 0.3) is 0 Å². The maximum Gasteiger partial charge on any atom is 0.410 e. The van der Waals surface area contributed by atoms with Gasteiger partial charge in [0.15, 0.2) is 5.13 Å². The summed E-state index contributed by atoms with van der Waals surface area (Å²) in [5.41, 5.74) is 4.17. The van der Waals surface area contributed by atoms with Crippen LogP contribution in [0.3, 0.4) is 0 Å². The lowest BCUT2D eigenvalue weighted by molar-refractivity contribution is 0.00811. The number of carbonyl (C=O) groups is 2. The van der Waals surface area contributed by atoms with Gasteiger partial charge >= 0.3 is 18.8 Å². The quantitative estimate of drug-likeness (QED) is 0.368. The van der Waals surface area contributed by atoms with Gasteiger partial charge in [-0.05, 0) is 64.4 Å². The molecule has 41 heavy (non-hydrogen) atoms. The fourth-order valence-electron chi connectivity index (χ4n) is 4.06. The van der Waals surface area contributed by atoms with Crippen LogP contribution in [0.15, 0.2) is 36.4 Å². The van der Waals surface area contributed by atoms with Crippen LogP contribution in [0.25, 0.3) is 21.7 Å². The highest BCUT2D eigenvalue weighted by Gasteiger charge is 2.28. The van der Waals surface area contributed by atoms with Gasteiger partial charge in [-0.2, -0.15) is 18.4 Å². The molecule has 0 spiro atoms. The SMILES string of the molecule is Cc1cc(-c2sc(NC(=O)N3CCN(C(=O)OC(C)(C)C)CC3)nc2-c2cccc(C#N)c2)cc(C)n1.FC(F)F. The molecule has 0 saturated carbocycles. The lowest BCUT2D eigenvalue weighted by atomic mass is 10.0. The molecular formula is C28H31F3N6O3S. The lowest BCUT2D eigenvalue weighted by Crippen LogP contribution is -2.52. The Balaban J connectivity index is 0.00000108. The van der Waals surface area contributed by atoms with Gasteiger partial charge < -0.3 is 14.5 Å². The summed E-state index contributed by atoms with van der Waals surface area (Å²) in [6.45, 7) is 7.27. The standard InChI is InChI=1S/C27H30N6O3S.CHF3/c1-17-13-21(14-18(2)29-17)23-22(20-8-6-7-19(15-20)16-28)30-24(37-23)31-25(34)32-9-11-33(12-10-32)26(35)36-27(3,4)5;2-1(3)4/h6-8,13-15H,9-12H2,1-5H3,(H,30,31,34);1H. The van der Waals surface area contributed by atoms with Crippen molar-refractivity contribution in [2.24, 2.45) is 0 Å². The number of nitriles is 1. The molecule has 3 heterocycles. The first-order valence-corrected chi connectivity index (χ1v) is 13.5. The second-order valence-corrected chi connectivity index (χ2v) is 11.2. The molecule has 0 atom stereocenters. The van der Waals surface area contributed by atoms with E-state index in [2.05, 4.69) is 16.4 Å². The van der Waals surface area contributed by atoms with Crippen LogP contribution in [0.2, 0.25) is 0 Å². The Kier molecular flexibility index (Phi) is 10.3. The van der Waals surface area contributed by atoms with Crippen LogP contribution in [0.1, 0.15) is 37.7 Å². The topological polar surface area (TPSA) is 111 Å². The smallest absolute Gasteiger partial charge is 0.410 e. The Morgan fingerprint density at radius 3 is 2.15 bits per heavy atom. The third-order valence-electron chi connectivity index (χ3n) is 5.67. The number of rotatable bonds is 3. The summed E-state index contributed by atoms with van der Waals surface area (Å²) in [5, 5.41) is 12.8. The molecule has 1 fully saturated rings. The molecule has 1 saturated heterocycles. The van der Waals surface area contributed by atoms with Crippen molar-refractivity contribution in [1.82, 2.24) is 19.8 Å². The van der Waals surface area contributed by atoms with E-state index in [0.29, 0.717) is 42.6 Å². The zero-order chi connectivity index (χ0) is 30.3. The van der Waals surface area contributed by atoms with Gasteiger partial charge in [-0.1, -0.05) is 23.5 Å². The van der Waals surface area contributed by atoms with E-state index in [-0.39, 0.29) is 12.1 Å². The van der Waals surface area contributed by atoms with Gasteiger partial charge in [0.05, 0.1) is 22.2 Å². The van der Waals surface area contributed by atoms with Crippen molar-refractivity contribution in [3.8, 4) is 27.8 Å². The first kappa shape index (κ1) is 31.3. The Hall–Kier alpha value is -4.18. The second-order valence-electron chi connectivity index (χ2n) is 10.2. The molecule has 9 nitrogen and oxygen atoms in total. The third kappa shape index (κ3) is 9.18. The first-order chi connectivity index (χ1) is 19.3. The molecule has 0 radical (unpaired) electrons. The number of anilines is 1. The predicted molar refractivity (Wildman–Crippen MR) is 150 cm³/mol. The van der Waals surface area contributed by atoms with Crippen LogP contribution in [0, 0.1) is 25.2 Å². The van der Waals surface area contributed by atoms with Crippen LogP contribution in [-0.4, -0.2) is 70.4 Å². The van der Waals surface area contributed by atoms with Gasteiger partial charge in [-0.3, -0.25) is 10.3 Å². The molecule has 1 aliphatic heterocycles. The van der Waals surface area contributed by atoms with Gasteiger partial charge in [-0.15, -0.1) is 0 Å². The van der Waals surface area contributed by atoms with Crippen molar-refractivity contribution in [3.05, 3.63) is 53.3 Å². The summed E-state index contributed by atoms with van der Waals surface area (Å²) in [5.74, 6) is 0. The predicted octanol–water partition coefficient (Wildman–Crippen LogP) is 6.62. The largest absolute Gasteiger partial charge is 0.444 e. The van der Waals surface area contributed by atoms with Gasteiger partial charge in [0.1, 0.15) is 5.60 Å². The summed E-state index contributed by atoms with van der Waals surface area (Å²) >= 11 is 1.38. The van der Waals surface area contributed by atoms with Crippen molar-refractivity contribution >= 4 is 28.6 Å². The number of amides is 3. The molecule has 0 aliphatic carbocycles. The molecule has 1 N–H and O–H groups in total. The monoisotopic (exact) mass is 588 g/mol. The number of urea groups is 1. The number of piperazine rings is 1. The van der Waals surface area contributed by atoms with Crippen LogP contribution in [0.5, 0.6) is 0 Å². The Morgan fingerprint density at radius 1 is 1.00 bits per heavy atom. The van der Waals surface area contributed by atoms with E-state index in [9.17, 15) is 28.0 Å². The number of aromatic nitrogens is 2. The number of hydrogen-bond donors (Lipinski definition) is 1. The van der Waals surface area contributed by atoms with E-state index in [1.807, 2.05) is 58.9 Å². The van der Waals surface area contributed by atoms with Crippen molar-refractivity contribution in [1.29, 1.82) is 5.26 Å². The van der Waals surface area contributed by atoms with E-state index < -0.39 is 12.3 Å². The van der Waals surface area contributed by atoms with Crippen molar-refractivity contribution in [2.45, 2.75) is 46.9 Å². The number of nitrogens with one attached hydrogen (secondary N) is 1.